The smallest absolute Gasteiger partial charge is 0.352 e. The quantitative estimate of drug-likeness (QED) is 0.648. The Morgan fingerprint density at radius 3 is 2.60 bits per heavy atom. The molecule has 0 bridgehead atoms. The van der Waals surface area contributed by atoms with Crippen LogP contribution in [0.1, 0.15) is 30.0 Å². The SMILES string of the molecule is CC(C)CNC(=O)c1ccccc1NC(=O)CN(C)Cc1nccn1CC(F)(F)F. The summed E-state index contributed by atoms with van der Waals surface area (Å²) in [6, 6.07) is 6.64. The molecule has 7 nitrogen and oxygen atoms in total. The summed E-state index contributed by atoms with van der Waals surface area (Å²) < 4.78 is 38.9. The number of amides is 2. The van der Waals surface area contributed by atoms with Gasteiger partial charge in [-0.05, 0) is 25.1 Å². The van der Waals surface area contributed by atoms with E-state index in [1.54, 1.807) is 36.2 Å². The van der Waals surface area contributed by atoms with Gasteiger partial charge in [-0.15, -0.1) is 0 Å². The van der Waals surface area contributed by atoms with E-state index in [1.807, 2.05) is 13.8 Å². The minimum atomic E-state index is -4.36. The van der Waals surface area contributed by atoms with Crippen LogP contribution in [0.15, 0.2) is 36.7 Å². The summed E-state index contributed by atoms with van der Waals surface area (Å²) in [5, 5.41) is 5.50. The van der Waals surface area contributed by atoms with Gasteiger partial charge >= 0.3 is 6.18 Å². The normalized spacial score (nSPS) is 11.7. The van der Waals surface area contributed by atoms with Gasteiger partial charge in [-0.3, -0.25) is 14.5 Å². The van der Waals surface area contributed by atoms with Crippen LogP contribution in [0.25, 0.3) is 0 Å². The number of nitrogens with one attached hydrogen (secondary N) is 2. The summed E-state index contributed by atoms with van der Waals surface area (Å²) in [4.78, 5) is 30.3. The highest BCUT2D eigenvalue weighted by Crippen LogP contribution is 2.19. The molecule has 0 saturated heterocycles. The molecule has 1 aromatic heterocycles. The van der Waals surface area contributed by atoms with Crippen molar-refractivity contribution in [2.75, 3.05) is 25.5 Å². The predicted molar refractivity (Wildman–Crippen MR) is 107 cm³/mol. The van der Waals surface area contributed by atoms with Gasteiger partial charge in [0.1, 0.15) is 12.4 Å². The van der Waals surface area contributed by atoms with E-state index in [-0.39, 0.29) is 30.7 Å². The Bertz CT molecular complexity index is 864. The zero-order valence-corrected chi connectivity index (χ0v) is 17.2. The highest BCUT2D eigenvalue weighted by molar-refractivity contribution is 6.04. The first-order valence-electron chi connectivity index (χ1n) is 9.47. The Hall–Kier alpha value is -2.88. The molecular formula is C20H26F3N5O2. The van der Waals surface area contributed by atoms with Crippen molar-refractivity contribution >= 4 is 17.5 Å². The molecular weight excluding hydrogens is 399 g/mol. The molecule has 2 aromatic rings. The van der Waals surface area contributed by atoms with Crippen LogP contribution in [-0.2, 0) is 17.9 Å². The fourth-order valence-corrected chi connectivity index (χ4v) is 2.74. The van der Waals surface area contributed by atoms with E-state index >= 15 is 0 Å². The van der Waals surface area contributed by atoms with Crippen molar-refractivity contribution in [2.45, 2.75) is 33.1 Å². The van der Waals surface area contributed by atoms with E-state index in [0.717, 1.165) is 4.57 Å². The lowest BCUT2D eigenvalue weighted by molar-refractivity contribution is -0.141. The number of imidazole rings is 1. The van der Waals surface area contributed by atoms with Gasteiger partial charge in [-0.1, -0.05) is 26.0 Å². The highest BCUT2D eigenvalue weighted by atomic mass is 19.4. The number of likely N-dealkylation sites (N-methyl/N-ethyl adjacent to an activating group) is 1. The summed E-state index contributed by atoms with van der Waals surface area (Å²) in [5.41, 5.74) is 0.714. The summed E-state index contributed by atoms with van der Waals surface area (Å²) in [6.07, 6.45) is -1.81. The van der Waals surface area contributed by atoms with Gasteiger partial charge in [-0.25, -0.2) is 4.98 Å². The van der Waals surface area contributed by atoms with Gasteiger partial charge in [0.05, 0.1) is 24.3 Å². The third-order valence-electron chi connectivity index (χ3n) is 4.09. The lowest BCUT2D eigenvalue weighted by Gasteiger charge is -2.18. The van der Waals surface area contributed by atoms with Crippen molar-refractivity contribution in [1.29, 1.82) is 0 Å². The maximum atomic E-state index is 12.6. The van der Waals surface area contributed by atoms with E-state index < -0.39 is 18.6 Å². The number of hydrogen-bond donors (Lipinski definition) is 2. The molecule has 0 atom stereocenters. The molecule has 1 aromatic carbocycles. The molecule has 0 unspecified atom stereocenters. The molecule has 1 heterocycles. The number of aromatic nitrogens is 2. The number of nitrogens with zero attached hydrogens (tertiary/aromatic N) is 3. The van der Waals surface area contributed by atoms with Gasteiger partial charge < -0.3 is 15.2 Å². The summed E-state index contributed by atoms with van der Waals surface area (Å²) in [7, 11) is 1.60. The molecule has 0 saturated carbocycles. The summed E-state index contributed by atoms with van der Waals surface area (Å²) >= 11 is 0. The monoisotopic (exact) mass is 425 g/mol. The second-order valence-electron chi connectivity index (χ2n) is 7.46. The van der Waals surface area contributed by atoms with Crippen molar-refractivity contribution in [3.8, 4) is 0 Å². The Kier molecular flexibility index (Phi) is 7.99. The lowest BCUT2D eigenvalue weighted by atomic mass is 10.1. The number of carbonyl (C=O) groups is 2. The molecule has 10 heteroatoms. The minimum Gasteiger partial charge on any atom is -0.352 e. The number of para-hydroxylation sites is 1. The average Bonchev–Trinajstić information content (AvgIpc) is 3.04. The van der Waals surface area contributed by atoms with E-state index in [4.69, 9.17) is 0 Å². The number of halogens is 3. The Morgan fingerprint density at radius 1 is 1.23 bits per heavy atom. The van der Waals surface area contributed by atoms with E-state index in [2.05, 4.69) is 15.6 Å². The molecule has 0 aliphatic carbocycles. The molecule has 2 amide bonds. The molecule has 0 aliphatic heterocycles. The first-order valence-corrected chi connectivity index (χ1v) is 9.47. The van der Waals surface area contributed by atoms with Crippen LogP contribution in [0, 0.1) is 5.92 Å². The van der Waals surface area contributed by atoms with Crippen LogP contribution in [0.3, 0.4) is 0 Å². The van der Waals surface area contributed by atoms with Crippen molar-refractivity contribution in [3.63, 3.8) is 0 Å². The minimum absolute atomic E-state index is 0.0625. The van der Waals surface area contributed by atoms with Crippen molar-refractivity contribution in [1.82, 2.24) is 19.8 Å². The third kappa shape index (κ3) is 7.51. The molecule has 30 heavy (non-hydrogen) atoms. The Balaban J connectivity index is 1.97. The van der Waals surface area contributed by atoms with E-state index in [0.29, 0.717) is 17.8 Å². The topological polar surface area (TPSA) is 79.3 Å². The predicted octanol–water partition coefficient (Wildman–Crippen LogP) is 2.90. The number of alkyl halides is 3. The van der Waals surface area contributed by atoms with Crippen LogP contribution < -0.4 is 10.6 Å². The van der Waals surface area contributed by atoms with Crippen LogP contribution >= 0.6 is 0 Å². The zero-order chi connectivity index (χ0) is 22.3. The fourth-order valence-electron chi connectivity index (χ4n) is 2.74. The van der Waals surface area contributed by atoms with Gasteiger partial charge in [-0.2, -0.15) is 13.2 Å². The van der Waals surface area contributed by atoms with Gasteiger partial charge in [0, 0.05) is 18.9 Å². The molecule has 0 radical (unpaired) electrons. The average molecular weight is 425 g/mol. The number of hydrogen-bond acceptors (Lipinski definition) is 4. The molecule has 0 aliphatic rings. The van der Waals surface area contributed by atoms with Gasteiger partial charge in [0.15, 0.2) is 0 Å². The molecule has 2 N–H and O–H groups in total. The number of anilines is 1. The van der Waals surface area contributed by atoms with Gasteiger partial charge in [0.25, 0.3) is 5.91 Å². The number of carbonyl (C=O) groups excluding carboxylic acids is 2. The number of rotatable bonds is 9. The van der Waals surface area contributed by atoms with Crippen LogP contribution in [0.4, 0.5) is 18.9 Å². The van der Waals surface area contributed by atoms with E-state index in [9.17, 15) is 22.8 Å². The van der Waals surface area contributed by atoms with E-state index in [1.165, 1.54) is 12.4 Å². The van der Waals surface area contributed by atoms with Crippen LogP contribution in [0.2, 0.25) is 0 Å². The van der Waals surface area contributed by atoms with Gasteiger partial charge in [0.2, 0.25) is 5.91 Å². The van der Waals surface area contributed by atoms with Crippen molar-refractivity contribution in [2.24, 2.45) is 5.92 Å². The first-order chi connectivity index (χ1) is 14.0. The Labute approximate surface area is 173 Å². The molecule has 164 valence electrons. The second kappa shape index (κ2) is 10.2. The standard InChI is InChI=1S/C20H26F3N5O2/c1-14(2)10-25-19(30)15-6-4-5-7-16(15)26-18(29)12-27(3)11-17-24-8-9-28(17)13-20(21,22)23/h4-9,14H,10-13H2,1-3H3,(H,25,30)(H,26,29). The summed E-state index contributed by atoms with van der Waals surface area (Å²) in [6.45, 7) is 3.30. The van der Waals surface area contributed by atoms with Crippen LogP contribution in [-0.4, -0.2) is 52.6 Å². The first kappa shape index (κ1) is 23.4. The maximum absolute atomic E-state index is 12.6. The largest absolute Gasteiger partial charge is 0.406 e. The number of benzene rings is 1. The summed E-state index contributed by atoms with van der Waals surface area (Å²) in [5.74, 6) is -0.192. The zero-order valence-electron chi connectivity index (χ0n) is 17.2. The molecule has 2 rings (SSSR count). The molecule has 0 fully saturated rings. The Morgan fingerprint density at radius 2 is 1.93 bits per heavy atom. The maximum Gasteiger partial charge on any atom is 0.406 e. The van der Waals surface area contributed by atoms with Crippen molar-refractivity contribution < 1.29 is 22.8 Å². The lowest BCUT2D eigenvalue weighted by Crippen LogP contribution is -2.32. The second-order valence-corrected chi connectivity index (χ2v) is 7.46. The van der Waals surface area contributed by atoms with Crippen LogP contribution in [0.5, 0.6) is 0 Å². The highest BCUT2D eigenvalue weighted by Gasteiger charge is 2.29. The molecule has 0 spiro atoms. The van der Waals surface area contributed by atoms with Crippen molar-refractivity contribution in [3.05, 3.63) is 48.0 Å². The fraction of sp³-hybridized carbons (Fsp3) is 0.450. The third-order valence-corrected chi connectivity index (χ3v) is 4.09.